The van der Waals surface area contributed by atoms with Crippen LogP contribution in [0.3, 0.4) is 0 Å². The van der Waals surface area contributed by atoms with E-state index in [9.17, 15) is 14.4 Å². The van der Waals surface area contributed by atoms with Gasteiger partial charge in [0.25, 0.3) is 5.91 Å². The van der Waals surface area contributed by atoms with Crippen molar-refractivity contribution in [2.45, 2.75) is 38.0 Å². The number of nitrogens with one attached hydrogen (secondary N) is 3. The van der Waals surface area contributed by atoms with Crippen LogP contribution >= 0.6 is 0 Å². The van der Waals surface area contributed by atoms with Gasteiger partial charge in [-0.25, -0.2) is 0 Å². The van der Waals surface area contributed by atoms with E-state index in [2.05, 4.69) is 27.9 Å². The first-order chi connectivity index (χ1) is 13.5. The summed E-state index contributed by atoms with van der Waals surface area (Å²) in [6.07, 6.45) is 0.665. The second-order valence-electron chi connectivity index (χ2n) is 7.86. The van der Waals surface area contributed by atoms with E-state index in [-0.39, 0.29) is 24.1 Å². The highest BCUT2D eigenvalue weighted by Gasteiger charge is 2.39. The number of benzene rings is 1. The van der Waals surface area contributed by atoms with Crippen LogP contribution in [0.25, 0.3) is 0 Å². The van der Waals surface area contributed by atoms with Gasteiger partial charge in [0, 0.05) is 57.3 Å². The monoisotopic (exact) mass is 385 g/mol. The molecule has 2 saturated heterocycles. The molecule has 3 aliphatic heterocycles. The molecule has 2 atom stereocenters. The zero-order valence-electron chi connectivity index (χ0n) is 16.2. The van der Waals surface area contributed by atoms with Crippen LogP contribution in [0.5, 0.6) is 0 Å². The average Bonchev–Trinajstić information content (AvgIpc) is 3.00. The average molecular weight is 385 g/mol. The summed E-state index contributed by atoms with van der Waals surface area (Å²) in [6, 6.07) is 5.85. The minimum atomic E-state index is -0.562. The molecule has 1 aromatic rings. The van der Waals surface area contributed by atoms with E-state index in [4.69, 9.17) is 0 Å². The first-order valence-electron chi connectivity index (χ1n) is 9.91. The predicted molar refractivity (Wildman–Crippen MR) is 103 cm³/mol. The maximum atomic E-state index is 12.9. The van der Waals surface area contributed by atoms with Gasteiger partial charge in [-0.3, -0.25) is 24.6 Å². The van der Waals surface area contributed by atoms with Gasteiger partial charge in [-0.1, -0.05) is 12.1 Å². The van der Waals surface area contributed by atoms with Crippen LogP contribution in [0, 0.1) is 0 Å². The lowest BCUT2D eigenvalue weighted by molar-refractivity contribution is -0.136. The van der Waals surface area contributed by atoms with Gasteiger partial charge in [-0.05, 0) is 30.7 Å². The quantitative estimate of drug-likeness (QED) is 0.589. The summed E-state index contributed by atoms with van der Waals surface area (Å²) in [4.78, 5) is 40.3. The van der Waals surface area contributed by atoms with Gasteiger partial charge in [0.1, 0.15) is 6.04 Å². The SMILES string of the molecule is CN1CCNCC1CNCc1ccc2c(c1)C(=O)N(C1CCC(=O)NC1=O)C2. The number of rotatable bonds is 5. The number of piperidine rings is 1. The molecular formula is C20H27N5O3. The van der Waals surface area contributed by atoms with Gasteiger partial charge in [0.15, 0.2) is 0 Å². The van der Waals surface area contributed by atoms with Crippen LogP contribution in [0.2, 0.25) is 0 Å². The Morgan fingerprint density at radius 3 is 2.89 bits per heavy atom. The Hall–Kier alpha value is -2.29. The lowest BCUT2D eigenvalue weighted by Gasteiger charge is -2.33. The number of fused-ring (bicyclic) bond motifs is 1. The smallest absolute Gasteiger partial charge is 0.255 e. The molecule has 0 bridgehead atoms. The molecule has 0 aromatic heterocycles. The highest BCUT2D eigenvalue weighted by Crippen LogP contribution is 2.28. The number of piperazine rings is 1. The van der Waals surface area contributed by atoms with Crippen LogP contribution in [0.15, 0.2) is 18.2 Å². The summed E-state index contributed by atoms with van der Waals surface area (Å²) in [5.41, 5.74) is 2.67. The number of hydrogen-bond acceptors (Lipinski definition) is 6. The van der Waals surface area contributed by atoms with E-state index in [0.29, 0.717) is 31.1 Å². The molecule has 0 aliphatic carbocycles. The van der Waals surface area contributed by atoms with Crippen LogP contribution in [-0.4, -0.2) is 72.8 Å². The fourth-order valence-corrected chi connectivity index (χ4v) is 4.19. The van der Waals surface area contributed by atoms with E-state index in [0.717, 1.165) is 37.3 Å². The second kappa shape index (κ2) is 7.98. The normalized spacial score (nSPS) is 25.8. The molecule has 28 heavy (non-hydrogen) atoms. The van der Waals surface area contributed by atoms with Crippen molar-refractivity contribution in [1.29, 1.82) is 0 Å². The van der Waals surface area contributed by atoms with Gasteiger partial charge in [0.2, 0.25) is 11.8 Å². The summed E-state index contributed by atoms with van der Waals surface area (Å²) in [5.74, 6) is -0.760. The molecule has 3 aliphatic rings. The number of amides is 3. The number of hydrogen-bond donors (Lipinski definition) is 3. The van der Waals surface area contributed by atoms with Crippen molar-refractivity contribution in [3.8, 4) is 0 Å². The van der Waals surface area contributed by atoms with Crippen molar-refractivity contribution < 1.29 is 14.4 Å². The summed E-state index contributed by atoms with van der Waals surface area (Å²) < 4.78 is 0. The van der Waals surface area contributed by atoms with E-state index >= 15 is 0 Å². The Morgan fingerprint density at radius 2 is 2.11 bits per heavy atom. The highest BCUT2D eigenvalue weighted by atomic mass is 16.2. The van der Waals surface area contributed by atoms with Crippen molar-refractivity contribution in [1.82, 2.24) is 25.8 Å². The van der Waals surface area contributed by atoms with Crippen molar-refractivity contribution >= 4 is 17.7 Å². The first-order valence-corrected chi connectivity index (χ1v) is 9.91. The van der Waals surface area contributed by atoms with Crippen molar-refractivity contribution in [2.24, 2.45) is 0 Å². The van der Waals surface area contributed by atoms with Gasteiger partial charge in [0.05, 0.1) is 0 Å². The second-order valence-corrected chi connectivity index (χ2v) is 7.86. The van der Waals surface area contributed by atoms with E-state index < -0.39 is 6.04 Å². The lowest BCUT2D eigenvalue weighted by Crippen LogP contribution is -2.53. The maximum absolute atomic E-state index is 12.9. The van der Waals surface area contributed by atoms with Gasteiger partial charge in [-0.15, -0.1) is 0 Å². The van der Waals surface area contributed by atoms with Gasteiger partial charge in [-0.2, -0.15) is 0 Å². The molecule has 3 heterocycles. The molecule has 2 unspecified atom stereocenters. The molecule has 0 saturated carbocycles. The number of imide groups is 1. The Balaban J connectivity index is 1.37. The molecule has 0 radical (unpaired) electrons. The van der Waals surface area contributed by atoms with Gasteiger partial charge >= 0.3 is 0 Å². The topological polar surface area (TPSA) is 93.8 Å². The lowest BCUT2D eigenvalue weighted by atomic mass is 10.0. The molecule has 8 heteroatoms. The standard InChI is InChI=1S/C20H27N5O3/c1-24-7-6-21-10-15(24)11-22-9-13-2-3-14-12-25(20(28)16(14)8-13)17-4-5-18(26)23-19(17)27/h2-3,8,15,17,21-22H,4-7,9-12H2,1H3,(H,23,26,27). The third-order valence-corrected chi connectivity index (χ3v) is 5.95. The van der Waals surface area contributed by atoms with E-state index in [1.54, 1.807) is 4.90 Å². The summed E-state index contributed by atoms with van der Waals surface area (Å²) in [7, 11) is 2.14. The zero-order valence-corrected chi connectivity index (χ0v) is 16.2. The van der Waals surface area contributed by atoms with Crippen molar-refractivity contribution in [3.05, 3.63) is 34.9 Å². The minimum Gasteiger partial charge on any atom is -0.322 e. The largest absolute Gasteiger partial charge is 0.322 e. The number of carbonyl (C=O) groups is 3. The van der Waals surface area contributed by atoms with Crippen LogP contribution in [0.1, 0.15) is 34.3 Å². The molecule has 3 N–H and O–H groups in total. The van der Waals surface area contributed by atoms with E-state index in [1.807, 2.05) is 18.2 Å². The molecule has 150 valence electrons. The van der Waals surface area contributed by atoms with E-state index in [1.165, 1.54) is 0 Å². The molecule has 8 nitrogen and oxygen atoms in total. The first kappa shape index (κ1) is 19.0. The Kier molecular flexibility index (Phi) is 5.43. The summed E-state index contributed by atoms with van der Waals surface area (Å²) in [5, 5.41) is 9.23. The molecule has 3 amide bonds. The summed E-state index contributed by atoms with van der Waals surface area (Å²) >= 11 is 0. The zero-order chi connectivity index (χ0) is 19.7. The van der Waals surface area contributed by atoms with Crippen LogP contribution in [0.4, 0.5) is 0 Å². The van der Waals surface area contributed by atoms with Gasteiger partial charge < -0.3 is 15.5 Å². The van der Waals surface area contributed by atoms with Crippen molar-refractivity contribution in [3.63, 3.8) is 0 Å². The Labute approximate surface area is 164 Å². The fraction of sp³-hybridized carbons (Fsp3) is 0.550. The highest BCUT2D eigenvalue weighted by molar-refractivity contribution is 6.05. The molecule has 0 spiro atoms. The minimum absolute atomic E-state index is 0.123. The molecule has 4 rings (SSSR count). The molecular weight excluding hydrogens is 358 g/mol. The predicted octanol–water partition coefficient (Wildman–Crippen LogP) is -0.559. The van der Waals surface area contributed by atoms with Crippen molar-refractivity contribution in [2.75, 3.05) is 33.2 Å². The van der Waals surface area contributed by atoms with Crippen LogP contribution < -0.4 is 16.0 Å². The fourth-order valence-electron chi connectivity index (χ4n) is 4.19. The number of nitrogens with zero attached hydrogens (tertiary/aromatic N) is 2. The Morgan fingerprint density at radius 1 is 1.25 bits per heavy atom. The third kappa shape index (κ3) is 3.80. The molecule has 1 aromatic carbocycles. The van der Waals surface area contributed by atoms with Crippen LogP contribution in [-0.2, 0) is 22.7 Å². The number of carbonyl (C=O) groups excluding carboxylic acids is 3. The summed E-state index contributed by atoms with van der Waals surface area (Å²) in [6.45, 7) is 5.07. The third-order valence-electron chi connectivity index (χ3n) is 5.95. The number of likely N-dealkylation sites (N-methyl/N-ethyl adjacent to an activating group) is 1. The molecule has 2 fully saturated rings. The maximum Gasteiger partial charge on any atom is 0.255 e. The Bertz CT molecular complexity index is 796.